The smallest absolute Gasteiger partial charge is 0.306 e. The zero-order valence-corrected chi connectivity index (χ0v) is 7.89. The van der Waals surface area contributed by atoms with Crippen LogP contribution in [0.3, 0.4) is 0 Å². The molecule has 74 valence electrons. The first-order chi connectivity index (χ1) is 6.75. The predicted octanol–water partition coefficient (Wildman–Crippen LogP) is 1.73. The summed E-state index contributed by atoms with van der Waals surface area (Å²) in [5, 5.41) is 8.71. The molecule has 0 atom stereocenters. The Kier molecular flexibility index (Phi) is 2.48. The van der Waals surface area contributed by atoms with Gasteiger partial charge in [0, 0.05) is 12.4 Å². The number of aliphatic carboxylic acids is 1. The Balaban J connectivity index is 1.82. The van der Waals surface area contributed by atoms with Crippen molar-refractivity contribution in [3.8, 4) is 0 Å². The molecule has 14 heavy (non-hydrogen) atoms. The third-order valence-electron chi connectivity index (χ3n) is 2.86. The molecule has 1 aromatic heterocycles. The van der Waals surface area contributed by atoms with Gasteiger partial charge in [-0.2, -0.15) is 0 Å². The maximum atomic E-state index is 10.6. The number of carboxylic acids is 1. The highest BCUT2D eigenvalue weighted by Gasteiger charge is 2.33. The van der Waals surface area contributed by atoms with Crippen LogP contribution in [-0.4, -0.2) is 16.1 Å². The van der Waals surface area contributed by atoms with Crippen molar-refractivity contribution in [2.75, 3.05) is 0 Å². The zero-order chi connectivity index (χ0) is 9.97. The van der Waals surface area contributed by atoms with Crippen LogP contribution in [0.5, 0.6) is 0 Å². The Morgan fingerprint density at radius 1 is 1.43 bits per heavy atom. The van der Waals surface area contributed by atoms with Crippen LogP contribution >= 0.6 is 0 Å². The first-order valence-corrected chi connectivity index (χ1v) is 4.87. The lowest BCUT2D eigenvalue weighted by Gasteiger charge is -2.32. The summed E-state index contributed by atoms with van der Waals surface area (Å²) in [5.41, 5.74) is 1.26. The number of carbonyl (C=O) groups is 1. The molecule has 0 radical (unpaired) electrons. The maximum Gasteiger partial charge on any atom is 0.306 e. The molecular weight excluding hydrogens is 178 g/mol. The van der Waals surface area contributed by atoms with Crippen molar-refractivity contribution < 1.29 is 9.90 Å². The molecule has 3 nitrogen and oxygen atoms in total. The summed E-state index contributed by atoms with van der Waals surface area (Å²) in [6, 6.07) is 3.99. The van der Waals surface area contributed by atoms with Crippen molar-refractivity contribution in [1.82, 2.24) is 4.98 Å². The number of aromatic nitrogens is 1. The van der Waals surface area contributed by atoms with Crippen molar-refractivity contribution >= 4 is 5.97 Å². The summed E-state index contributed by atoms with van der Waals surface area (Å²) in [6.07, 6.45) is 6.22. The molecule has 3 heteroatoms. The molecular formula is C11H13NO2. The maximum absolute atomic E-state index is 10.6. The van der Waals surface area contributed by atoms with Crippen LogP contribution in [0.1, 0.15) is 18.4 Å². The quantitative estimate of drug-likeness (QED) is 0.791. The van der Waals surface area contributed by atoms with Gasteiger partial charge in [0.1, 0.15) is 0 Å². The van der Waals surface area contributed by atoms with Crippen LogP contribution < -0.4 is 0 Å². The average molecular weight is 191 g/mol. The SMILES string of the molecule is O=C(O)C1CC(Cc2ccncc2)C1. The van der Waals surface area contributed by atoms with Crippen LogP contribution in [0.2, 0.25) is 0 Å². The van der Waals surface area contributed by atoms with E-state index in [1.54, 1.807) is 12.4 Å². The Hall–Kier alpha value is -1.38. The summed E-state index contributed by atoms with van der Waals surface area (Å²) < 4.78 is 0. The standard InChI is InChI=1S/C11H13NO2/c13-11(14)10-6-9(7-10)5-8-1-3-12-4-2-8/h1-4,9-10H,5-7H2,(H,13,14). The monoisotopic (exact) mass is 191 g/mol. The lowest BCUT2D eigenvalue weighted by Crippen LogP contribution is -2.31. The minimum Gasteiger partial charge on any atom is -0.481 e. The van der Waals surface area contributed by atoms with E-state index in [2.05, 4.69) is 4.98 Å². The van der Waals surface area contributed by atoms with Gasteiger partial charge in [-0.1, -0.05) is 0 Å². The Labute approximate surface area is 82.8 Å². The average Bonchev–Trinajstić information content (AvgIpc) is 2.12. The highest BCUT2D eigenvalue weighted by atomic mass is 16.4. The lowest BCUT2D eigenvalue weighted by molar-refractivity contribution is -0.146. The van der Waals surface area contributed by atoms with Crippen molar-refractivity contribution in [3.63, 3.8) is 0 Å². The Bertz CT molecular complexity index is 317. The normalized spacial score (nSPS) is 25.4. The summed E-state index contributed by atoms with van der Waals surface area (Å²) >= 11 is 0. The van der Waals surface area contributed by atoms with Gasteiger partial charge < -0.3 is 5.11 Å². The van der Waals surface area contributed by atoms with Gasteiger partial charge in [0.2, 0.25) is 0 Å². The number of carboxylic acid groups (broad SMARTS) is 1. The minimum absolute atomic E-state index is 0.0955. The van der Waals surface area contributed by atoms with E-state index in [1.165, 1.54) is 5.56 Å². The van der Waals surface area contributed by atoms with Gasteiger partial charge in [0.15, 0.2) is 0 Å². The second kappa shape index (κ2) is 3.78. The molecule has 1 aliphatic carbocycles. The van der Waals surface area contributed by atoms with Crippen molar-refractivity contribution in [2.45, 2.75) is 19.3 Å². The van der Waals surface area contributed by atoms with Gasteiger partial charge in [0.05, 0.1) is 5.92 Å². The van der Waals surface area contributed by atoms with Crippen molar-refractivity contribution in [2.24, 2.45) is 11.8 Å². The topological polar surface area (TPSA) is 50.2 Å². The fourth-order valence-electron chi connectivity index (χ4n) is 1.96. The molecule has 1 aliphatic rings. The number of rotatable bonds is 3. The van der Waals surface area contributed by atoms with E-state index < -0.39 is 5.97 Å². The van der Waals surface area contributed by atoms with Crippen LogP contribution in [-0.2, 0) is 11.2 Å². The highest BCUT2D eigenvalue weighted by Crippen LogP contribution is 2.35. The van der Waals surface area contributed by atoms with Gasteiger partial charge in [-0.3, -0.25) is 9.78 Å². The molecule has 0 amide bonds. The highest BCUT2D eigenvalue weighted by molar-refractivity contribution is 5.71. The fraction of sp³-hybridized carbons (Fsp3) is 0.455. The van der Waals surface area contributed by atoms with Crippen LogP contribution in [0, 0.1) is 11.8 Å². The van der Waals surface area contributed by atoms with Gasteiger partial charge in [0.25, 0.3) is 0 Å². The third-order valence-corrected chi connectivity index (χ3v) is 2.86. The summed E-state index contributed by atoms with van der Waals surface area (Å²) in [4.78, 5) is 14.5. The first-order valence-electron chi connectivity index (χ1n) is 4.87. The molecule has 1 fully saturated rings. The van der Waals surface area contributed by atoms with E-state index in [4.69, 9.17) is 5.11 Å². The molecule has 1 aromatic rings. The Morgan fingerprint density at radius 3 is 2.64 bits per heavy atom. The van der Waals surface area contributed by atoms with E-state index in [0.717, 1.165) is 19.3 Å². The minimum atomic E-state index is -0.643. The van der Waals surface area contributed by atoms with Gasteiger partial charge in [-0.05, 0) is 42.9 Å². The second-order valence-corrected chi connectivity index (χ2v) is 3.93. The predicted molar refractivity (Wildman–Crippen MR) is 51.8 cm³/mol. The molecule has 0 aromatic carbocycles. The molecule has 0 bridgehead atoms. The van der Waals surface area contributed by atoms with E-state index in [-0.39, 0.29) is 5.92 Å². The fourth-order valence-corrected chi connectivity index (χ4v) is 1.96. The van der Waals surface area contributed by atoms with Crippen LogP contribution in [0.4, 0.5) is 0 Å². The Morgan fingerprint density at radius 2 is 2.07 bits per heavy atom. The molecule has 1 saturated carbocycles. The largest absolute Gasteiger partial charge is 0.481 e. The van der Waals surface area contributed by atoms with Crippen molar-refractivity contribution in [1.29, 1.82) is 0 Å². The van der Waals surface area contributed by atoms with Gasteiger partial charge in [-0.15, -0.1) is 0 Å². The second-order valence-electron chi connectivity index (χ2n) is 3.93. The number of nitrogens with zero attached hydrogens (tertiary/aromatic N) is 1. The zero-order valence-electron chi connectivity index (χ0n) is 7.89. The molecule has 1 N–H and O–H groups in total. The number of pyridine rings is 1. The van der Waals surface area contributed by atoms with Gasteiger partial charge >= 0.3 is 5.97 Å². The molecule has 0 unspecified atom stereocenters. The molecule has 0 aliphatic heterocycles. The molecule has 0 saturated heterocycles. The number of hydrogen-bond acceptors (Lipinski definition) is 2. The summed E-state index contributed by atoms with van der Waals surface area (Å²) in [5.74, 6) is -0.184. The first kappa shape index (κ1) is 9.19. The van der Waals surface area contributed by atoms with E-state index in [9.17, 15) is 4.79 Å². The lowest BCUT2D eigenvalue weighted by atomic mass is 9.72. The van der Waals surface area contributed by atoms with Crippen molar-refractivity contribution in [3.05, 3.63) is 30.1 Å². The van der Waals surface area contributed by atoms with E-state index in [0.29, 0.717) is 5.92 Å². The van der Waals surface area contributed by atoms with Crippen LogP contribution in [0.15, 0.2) is 24.5 Å². The van der Waals surface area contributed by atoms with Crippen LogP contribution in [0.25, 0.3) is 0 Å². The molecule has 0 spiro atoms. The number of hydrogen-bond donors (Lipinski definition) is 1. The van der Waals surface area contributed by atoms with Gasteiger partial charge in [-0.25, -0.2) is 0 Å². The van der Waals surface area contributed by atoms with E-state index in [1.807, 2.05) is 12.1 Å². The summed E-state index contributed by atoms with van der Waals surface area (Å²) in [6.45, 7) is 0. The summed E-state index contributed by atoms with van der Waals surface area (Å²) in [7, 11) is 0. The third kappa shape index (κ3) is 1.92. The molecule has 2 rings (SSSR count). The molecule has 1 heterocycles. The van der Waals surface area contributed by atoms with E-state index >= 15 is 0 Å².